The van der Waals surface area contributed by atoms with Crippen molar-refractivity contribution in [1.82, 2.24) is 18.8 Å². The molecule has 0 unspecified atom stereocenters. The van der Waals surface area contributed by atoms with Gasteiger partial charge in [-0.25, -0.2) is 13.9 Å². The number of carbonyl (C=O) groups is 2. The highest BCUT2D eigenvalue weighted by Gasteiger charge is 2.34. The number of methoxy groups -OCH3 is 1. The van der Waals surface area contributed by atoms with E-state index < -0.39 is 39.2 Å². The Kier molecular flexibility index (Phi) is 10.3. The van der Waals surface area contributed by atoms with E-state index in [0.29, 0.717) is 49.9 Å². The van der Waals surface area contributed by atoms with Crippen LogP contribution in [0.4, 0.5) is 10.1 Å². The van der Waals surface area contributed by atoms with Crippen LogP contribution >= 0.6 is 0 Å². The van der Waals surface area contributed by atoms with Gasteiger partial charge in [0.15, 0.2) is 11.6 Å². The Bertz CT molecular complexity index is 2040. The van der Waals surface area contributed by atoms with E-state index in [1.165, 1.54) is 21.3 Å². The van der Waals surface area contributed by atoms with E-state index in [1.54, 1.807) is 7.11 Å². The molecule has 1 aliphatic carbocycles. The van der Waals surface area contributed by atoms with Gasteiger partial charge in [-0.3, -0.25) is 14.5 Å². The fourth-order valence-corrected chi connectivity index (χ4v) is 9.24. The van der Waals surface area contributed by atoms with Crippen molar-refractivity contribution in [2.75, 3.05) is 64.9 Å². The number of fused-ring (bicyclic) bond motifs is 3. The summed E-state index contributed by atoms with van der Waals surface area (Å²) in [6.45, 7) is 5.77. The van der Waals surface area contributed by atoms with Crippen LogP contribution in [0.5, 0.6) is 5.75 Å². The van der Waals surface area contributed by atoms with Gasteiger partial charge in [-0.1, -0.05) is 0 Å². The second-order valence-corrected chi connectivity index (χ2v) is 16.0. The monoisotopic (exact) mass is 739 g/mol. The van der Waals surface area contributed by atoms with Crippen molar-refractivity contribution in [3.63, 3.8) is 0 Å². The summed E-state index contributed by atoms with van der Waals surface area (Å²) in [5.74, 6) is -3.20. The van der Waals surface area contributed by atoms with Crippen molar-refractivity contribution in [1.29, 1.82) is 0 Å². The zero-order chi connectivity index (χ0) is 36.7. The van der Waals surface area contributed by atoms with Crippen LogP contribution in [0.1, 0.15) is 75.9 Å². The average Bonchev–Trinajstić information content (AvgIpc) is 3.85. The Morgan fingerprint density at radius 1 is 1.00 bits per heavy atom. The second-order valence-electron chi connectivity index (χ2n) is 14.4. The maximum Gasteiger partial charge on any atom is 0.341 e. The molecule has 280 valence electrons. The summed E-state index contributed by atoms with van der Waals surface area (Å²) in [7, 11) is -0.358. The van der Waals surface area contributed by atoms with E-state index in [9.17, 15) is 22.8 Å². The number of carbonyl (C=O) groups excluding carboxylic acids is 2. The highest BCUT2D eigenvalue weighted by molar-refractivity contribution is 7.87. The minimum atomic E-state index is -4.14. The molecule has 2 saturated heterocycles. The molecule has 1 N–H and O–H groups in total. The van der Waals surface area contributed by atoms with Crippen molar-refractivity contribution in [3.8, 4) is 5.75 Å². The maximum atomic E-state index is 16.4. The Labute approximate surface area is 302 Å². The topological polar surface area (TPSA) is 142 Å². The number of rotatable bonds is 9. The standard InChI is InChI=1S/C37H46FN5O8S/c1-23-18-24(41-17-16-40(2)25(20-41)22-49-3)19-31-32(23)27-12-15-42(21-30(27)37(46)51-31)36(45)28-10-11-29(34(33(28)38)50-26-8-4-5-9-26)35(44)39-52(47,48)43-13-6-7-14-43/h10-11,18-19,25-26H,4-9,12-17,20-22H2,1-3H3,(H,39,44)/t25-/m1/s1. The molecule has 7 rings (SSSR count). The summed E-state index contributed by atoms with van der Waals surface area (Å²) in [6, 6.07) is 6.65. The van der Waals surface area contributed by atoms with Crippen molar-refractivity contribution < 1.29 is 36.3 Å². The summed E-state index contributed by atoms with van der Waals surface area (Å²) >= 11 is 0. The molecule has 3 aromatic rings. The number of hydrogen-bond acceptors (Lipinski definition) is 10. The molecular formula is C37H46FN5O8S. The van der Waals surface area contributed by atoms with Crippen LogP contribution < -0.4 is 20.0 Å². The Hall–Kier alpha value is -4.05. The van der Waals surface area contributed by atoms with Crippen molar-refractivity contribution in [3.05, 3.63) is 68.3 Å². The maximum absolute atomic E-state index is 16.4. The number of benzene rings is 2. The van der Waals surface area contributed by atoms with Crippen LogP contribution in [-0.2, 0) is 27.9 Å². The molecule has 2 aromatic carbocycles. The fourth-order valence-electron chi connectivity index (χ4n) is 8.02. The number of piperazine rings is 1. The third-order valence-electron chi connectivity index (χ3n) is 11.0. The van der Waals surface area contributed by atoms with Gasteiger partial charge in [-0.15, -0.1) is 0 Å². The molecule has 52 heavy (non-hydrogen) atoms. The van der Waals surface area contributed by atoms with E-state index in [4.69, 9.17) is 13.9 Å². The van der Waals surface area contributed by atoms with Crippen molar-refractivity contribution >= 4 is 38.7 Å². The minimum absolute atomic E-state index is 0.0840. The van der Waals surface area contributed by atoms with Gasteiger partial charge in [-0.2, -0.15) is 12.7 Å². The number of likely N-dealkylation sites (N-methyl/N-ethyl adjacent to an activating group) is 1. The normalized spacial score (nSPS) is 20.4. The number of amides is 2. The molecule has 0 bridgehead atoms. The van der Waals surface area contributed by atoms with Crippen LogP contribution in [0, 0.1) is 12.7 Å². The van der Waals surface area contributed by atoms with E-state index in [2.05, 4.69) is 22.9 Å². The van der Waals surface area contributed by atoms with Gasteiger partial charge in [0.25, 0.3) is 11.8 Å². The Morgan fingerprint density at radius 2 is 1.73 bits per heavy atom. The third kappa shape index (κ3) is 7.03. The summed E-state index contributed by atoms with van der Waals surface area (Å²) in [5.41, 5.74) is 2.37. The van der Waals surface area contributed by atoms with Crippen molar-refractivity contribution in [2.45, 2.75) is 70.6 Å². The first-order valence-corrected chi connectivity index (χ1v) is 19.5. The number of aryl methyl sites for hydroxylation is 1. The number of ether oxygens (including phenoxy) is 2. The summed E-state index contributed by atoms with van der Waals surface area (Å²) in [6.07, 6.45) is 4.36. The molecule has 1 atom stereocenters. The molecular weight excluding hydrogens is 693 g/mol. The van der Waals surface area contributed by atoms with Crippen LogP contribution in [0.2, 0.25) is 0 Å². The lowest BCUT2D eigenvalue weighted by Gasteiger charge is -2.40. The zero-order valence-electron chi connectivity index (χ0n) is 29.9. The highest BCUT2D eigenvalue weighted by Crippen LogP contribution is 2.35. The molecule has 3 aliphatic heterocycles. The molecule has 1 aromatic heterocycles. The number of nitrogens with zero attached hydrogens (tertiary/aromatic N) is 4. The molecule has 4 heterocycles. The summed E-state index contributed by atoms with van der Waals surface area (Å²) < 4.78 is 62.7. The molecule has 0 radical (unpaired) electrons. The van der Waals surface area contributed by atoms with E-state index in [0.717, 1.165) is 54.7 Å². The van der Waals surface area contributed by atoms with Crippen LogP contribution in [0.3, 0.4) is 0 Å². The first-order chi connectivity index (χ1) is 24.9. The van der Waals surface area contributed by atoms with E-state index in [1.807, 2.05) is 17.7 Å². The molecule has 1 saturated carbocycles. The average molecular weight is 740 g/mol. The highest BCUT2D eigenvalue weighted by atomic mass is 32.2. The lowest BCUT2D eigenvalue weighted by Crippen LogP contribution is -2.53. The Balaban J connectivity index is 1.15. The number of halogens is 1. The molecule has 4 aliphatic rings. The quantitative estimate of drug-likeness (QED) is 0.324. The molecule has 3 fully saturated rings. The first-order valence-electron chi connectivity index (χ1n) is 18.1. The third-order valence-corrected chi connectivity index (χ3v) is 12.4. The number of anilines is 1. The predicted molar refractivity (Wildman–Crippen MR) is 193 cm³/mol. The van der Waals surface area contributed by atoms with Crippen molar-refractivity contribution in [2.24, 2.45) is 0 Å². The fraction of sp³-hybridized carbons (Fsp3) is 0.541. The lowest BCUT2D eigenvalue weighted by atomic mass is 9.94. The molecule has 2 amide bonds. The lowest BCUT2D eigenvalue weighted by molar-refractivity contribution is 0.0725. The van der Waals surface area contributed by atoms with Gasteiger partial charge in [-0.05, 0) is 88.2 Å². The van der Waals surface area contributed by atoms with Gasteiger partial charge in [0.05, 0.1) is 42.0 Å². The summed E-state index contributed by atoms with van der Waals surface area (Å²) in [5, 5.41) is 0.839. The van der Waals surface area contributed by atoms with Gasteiger partial charge < -0.3 is 23.7 Å². The van der Waals surface area contributed by atoms with Gasteiger partial charge in [0, 0.05) is 63.5 Å². The van der Waals surface area contributed by atoms with Gasteiger partial charge in [0.1, 0.15) is 5.58 Å². The number of nitrogens with one attached hydrogen (secondary N) is 1. The first kappa shape index (κ1) is 36.3. The van der Waals surface area contributed by atoms with Gasteiger partial charge >= 0.3 is 15.8 Å². The SMILES string of the molecule is COC[C@H]1CN(c2cc(C)c3c4c(c(=O)oc3c2)CN(C(=O)c2ccc(C(=O)NS(=O)(=O)N3CCCC3)c(OC3CCCC3)c2F)CC4)CCN1C. The smallest absolute Gasteiger partial charge is 0.341 e. The van der Waals surface area contributed by atoms with E-state index >= 15 is 4.39 Å². The van der Waals surface area contributed by atoms with Crippen LogP contribution in [-0.4, -0.2) is 107 Å². The predicted octanol–water partition coefficient (Wildman–Crippen LogP) is 3.60. The molecule has 0 spiro atoms. The number of hydrogen-bond donors (Lipinski definition) is 1. The van der Waals surface area contributed by atoms with E-state index in [-0.39, 0.29) is 49.5 Å². The minimum Gasteiger partial charge on any atom is -0.486 e. The zero-order valence-corrected chi connectivity index (χ0v) is 30.7. The largest absolute Gasteiger partial charge is 0.486 e. The Morgan fingerprint density at radius 3 is 2.46 bits per heavy atom. The molecule has 13 nitrogen and oxygen atoms in total. The van der Waals surface area contributed by atoms with Crippen LogP contribution in [0.15, 0.2) is 33.5 Å². The second kappa shape index (κ2) is 14.8. The van der Waals surface area contributed by atoms with Gasteiger partial charge in [0.2, 0.25) is 0 Å². The summed E-state index contributed by atoms with van der Waals surface area (Å²) in [4.78, 5) is 46.7. The molecule has 15 heteroatoms. The van der Waals surface area contributed by atoms with Crippen LogP contribution in [0.25, 0.3) is 11.0 Å².